The second kappa shape index (κ2) is 8.28. The average molecular weight is 387 g/mol. The predicted octanol–water partition coefficient (Wildman–Crippen LogP) is 5.14. The predicted molar refractivity (Wildman–Crippen MR) is 125 cm³/mol. The fraction of sp³-hybridized carbons (Fsp3) is 0.346. The second-order valence-corrected chi connectivity index (χ2v) is 8.52. The lowest BCUT2D eigenvalue weighted by Crippen LogP contribution is -2.37. The van der Waals surface area contributed by atoms with Crippen molar-refractivity contribution < 1.29 is 4.57 Å². The molecule has 0 radical (unpaired) electrons. The molecule has 29 heavy (non-hydrogen) atoms. The van der Waals surface area contributed by atoms with Crippen LogP contribution in [0.5, 0.6) is 0 Å². The minimum atomic E-state index is 0.835. The molecule has 3 aromatic rings. The van der Waals surface area contributed by atoms with Gasteiger partial charge in [0.1, 0.15) is 7.05 Å². The van der Waals surface area contributed by atoms with Crippen molar-refractivity contribution in [1.29, 1.82) is 0 Å². The van der Waals surface area contributed by atoms with Gasteiger partial charge >= 0.3 is 0 Å². The van der Waals surface area contributed by atoms with Gasteiger partial charge in [0.15, 0.2) is 0 Å². The molecule has 1 fully saturated rings. The van der Waals surface area contributed by atoms with Gasteiger partial charge in [-0.3, -0.25) is 0 Å². The Morgan fingerprint density at radius 3 is 2.34 bits per heavy atom. The molecular weight excluding hydrogens is 354 g/mol. The molecular formula is C26H32N3+. The van der Waals surface area contributed by atoms with Crippen LogP contribution < -0.4 is 14.4 Å². The summed E-state index contributed by atoms with van der Waals surface area (Å²) in [5.41, 5.74) is 6.32. The van der Waals surface area contributed by atoms with E-state index in [0.29, 0.717) is 0 Å². The maximum absolute atomic E-state index is 2.57. The molecule has 2 heterocycles. The summed E-state index contributed by atoms with van der Waals surface area (Å²) < 4.78 is 2.30. The Bertz CT molecular complexity index is 1010. The fourth-order valence-electron chi connectivity index (χ4n) is 4.17. The minimum Gasteiger partial charge on any atom is -0.378 e. The number of nitrogens with zero attached hydrogens (tertiary/aromatic N) is 3. The lowest BCUT2D eigenvalue weighted by Gasteiger charge is -2.32. The molecule has 0 spiro atoms. The lowest BCUT2D eigenvalue weighted by molar-refractivity contribution is -0.646. The molecule has 150 valence electrons. The third-order valence-electron chi connectivity index (χ3n) is 6.19. The van der Waals surface area contributed by atoms with Crippen LogP contribution in [0.3, 0.4) is 0 Å². The molecule has 4 rings (SSSR count). The Balaban J connectivity index is 1.71. The van der Waals surface area contributed by atoms with E-state index in [1.807, 2.05) is 0 Å². The second-order valence-electron chi connectivity index (χ2n) is 8.52. The largest absolute Gasteiger partial charge is 0.378 e. The molecule has 2 aromatic carbocycles. The molecule has 3 heteroatoms. The summed E-state index contributed by atoms with van der Waals surface area (Å²) in [5.74, 6) is 0.835. The van der Waals surface area contributed by atoms with Gasteiger partial charge in [-0.2, -0.15) is 4.57 Å². The van der Waals surface area contributed by atoms with Gasteiger partial charge < -0.3 is 9.80 Å². The van der Waals surface area contributed by atoms with Gasteiger partial charge in [0.05, 0.1) is 11.1 Å². The highest BCUT2D eigenvalue weighted by Crippen LogP contribution is 2.30. The van der Waals surface area contributed by atoms with Crippen molar-refractivity contribution in [2.75, 3.05) is 37.0 Å². The van der Waals surface area contributed by atoms with E-state index in [2.05, 4.69) is 109 Å². The number of fused-ring (bicyclic) bond motifs is 1. The van der Waals surface area contributed by atoms with E-state index in [9.17, 15) is 0 Å². The van der Waals surface area contributed by atoms with Gasteiger partial charge in [-0.05, 0) is 48.6 Å². The van der Waals surface area contributed by atoms with Crippen LogP contribution in [-0.2, 0) is 7.05 Å². The quantitative estimate of drug-likeness (QED) is 0.575. The highest BCUT2D eigenvalue weighted by atomic mass is 15.1. The van der Waals surface area contributed by atoms with Crippen LogP contribution in [0.25, 0.3) is 23.1 Å². The summed E-state index contributed by atoms with van der Waals surface area (Å²) in [7, 11) is 6.31. The Hall–Kier alpha value is -2.81. The highest BCUT2D eigenvalue weighted by molar-refractivity contribution is 5.91. The lowest BCUT2D eigenvalue weighted by atomic mass is 9.98. The summed E-state index contributed by atoms with van der Waals surface area (Å²) in [5, 5.41) is 1.34. The van der Waals surface area contributed by atoms with Crippen LogP contribution in [0.4, 0.5) is 11.4 Å². The molecule has 0 amide bonds. The van der Waals surface area contributed by atoms with Crippen LogP contribution in [0.15, 0.2) is 54.6 Å². The minimum absolute atomic E-state index is 0.835. The zero-order valence-electron chi connectivity index (χ0n) is 18.1. The molecule has 0 N–H and O–H groups in total. The smallest absolute Gasteiger partial charge is 0.214 e. The Kier molecular flexibility index (Phi) is 5.57. The monoisotopic (exact) mass is 386 g/mol. The zero-order chi connectivity index (χ0) is 20.4. The molecule has 1 aromatic heterocycles. The standard InChI is InChI=1S/C26H32N3/c1-20-15-17-29(18-16-20)26-19-23(28(4)25-8-6-5-7-24(25)26)14-11-21-9-12-22(13-10-21)27(2)3/h5-14,19-20H,15-18H2,1-4H3/q+1. The molecule has 1 aliphatic rings. The molecule has 3 nitrogen and oxygen atoms in total. The zero-order valence-corrected chi connectivity index (χ0v) is 18.1. The van der Waals surface area contributed by atoms with E-state index in [1.165, 1.54) is 46.4 Å². The summed E-state index contributed by atoms with van der Waals surface area (Å²) in [4.78, 5) is 4.70. The first-order chi connectivity index (χ1) is 14.0. The molecule has 0 aliphatic carbocycles. The molecule has 1 aliphatic heterocycles. The van der Waals surface area contributed by atoms with Crippen LogP contribution in [0.1, 0.15) is 31.0 Å². The van der Waals surface area contributed by atoms with Gasteiger partial charge in [-0.15, -0.1) is 0 Å². The van der Waals surface area contributed by atoms with Crippen LogP contribution in [-0.4, -0.2) is 27.2 Å². The summed E-state index contributed by atoms with van der Waals surface area (Å²) in [6.07, 6.45) is 7.01. The molecule has 1 saturated heterocycles. The van der Waals surface area contributed by atoms with Crippen molar-refractivity contribution in [2.45, 2.75) is 19.8 Å². The van der Waals surface area contributed by atoms with Gasteiger partial charge in [0, 0.05) is 51.1 Å². The normalized spacial score (nSPS) is 15.4. The Morgan fingerprint density at radius 2 is 1.66 bits per heavy atom. The number of hydrogen-bond acceptors (Lipinski definition) is 2. The van der Waals surface area contributed by atoms with Crippen molar-refractivity contribution in [3.63, 3.8) is 0 Å². The van der Waals surface area contributed by atoms with Crippen molar-refractivity contribution in [2.24, 2.45) is 13.0 Å². The third-order valence-corrected chi connectivity index (χ3v) is 6.19. The number of piperidine rings is 1. The fourth-order valence-corrected chi connectivity index (χ4v) is 4.17. The van der Waals surface area contributed by atoms with Gasteiger partial charge in [-0.25, -0.2) is 0 Å². The molecule has 0 saturated carbocycles. The van der Waals surface area contributed by atoms with Crippen LogP contribution >= 0.6 is 0 Å². The number of rotatable bonds is 4. The Morgan fingerprint density at radius 1 is 0.966 bits per heavy atom. The Labute approximate surface area is 174 Å². The number of para-hydroxylation sites is 1. The first kappa shape index (κ1) is 19.5. The van der Waals surface area contributed by atoms with E-state index in [4.69, 9.17) is 0 Å². The summed E-state index contributed by atoms with van der Waals surface area (Å²) in [6.45, 7) is 4.66. The maximum atomic E-state index is 2.57. The molecule has 0 atom stereocenters. The number of hydrogen-bond donors (Lipinski definition) is 0. The maximum Gasteiger partial charge on any atom is 0.214 e. The number of pyridine rings is 1. The van der Waals surface area contributed by atoms with E-state index < -0.39 is 0 Å². The van der Waals surface area contributed by atoms with E-state index >= 15 is 0 Å². The summed E-state index contributed by atoms with van der Waals surface area (Å²) in [6, 6.07) is 19.8. The first-order valence-electron chi connectivity index (χ1n) is 10.6. The number of aromatic nitrogens is 1. The highest BCUT2D eigenvalue weighted by Gasteiger charge is 2.22. The van der Waals surface area contributed by atoms with Gasteiger partial charge in [-0.1, -0.05) is 31.2 Å². The third kappa shape index (κ3) is 4.14. The van der Waals surface area contributed by atoms with Crippen molar-refractivity contribution in [1.82, 2.24) is 0 Å². The van der Waals surface area contributed by atoms with Crippen molar-refractivity contribution in [3.8, 4) is 0 Å². The SMILES string of the molecule is CC1CCN(c2cc(/C=C/c3ccc(N(C)C)cc3)[n+](C)c3ccccc23)CC1. The van der Waals surface area contributed by atoms with Crippen molar-refractivity contribution in [3.05, 3.63) is 65.9 Å². The van der Waals surface area contributed by atoms with E-state index in [-0.39, 0.29) is 0 Å². The average Bonchev–Trinajstić information content (AvgIpc) is 2.74. The topological polar surface area (TPSA) is 10.4 Å². The van der Waals surface area contributed by atoms with Crippen molar-refractivity contribution >= 4 is 34.4 Å². The van der Waals surface area contributed by atoms with E-state index in [1.54, 1.807) is 0 Å². The summed E-state index contributed by atoms with van der Waals surface area (Å²) >= 11 is 0. The molecule has 0 bridgehead atoms. The van der Waals surface area contributed by atoms with Crippen LogP contribution in [0, 0.1) is 5.92 Å². The number of aryl methyl sites for hydroxylation is 1. The van der Waals surface area contributed by atoms with E-state index in [0.717, 1.165) is 19.0 Å². The molecule has 0 unspecified atom stereocenters. The number of anilines is 2. The van der Waals surface area contributed by atoms with Crippen LogP contribution in [0.2, 0.25) is 0 Å². The van der Waals surface area contributed by atoms with Gasteiger partial charge in [0.2, 0.25) is 11.2 Å². The van der Waals surface area contributed by atoms with Gasteiger partial charge in [0.25, 0.3) is 0 Å². The first-order valence-corrected chi connectivity index (χ1v) is 10.6. The number of benzene rings is 2.